The lowest BCUT2D eigenvalue weighted by atomic mass is 10.2. The number of anilines is 1. The van der Waals surface area contributed by atoms with E-state index in [2.05, 4.69) is 5.32 Å². The van der Waals surface area contributed by atoms with Gasteiger partial charge < -0.3 is 21.1 Å². The predicted octanol–water partition coefficient (Wildman–Crippen LogP) is 1.13. The molecule has 0 atom stereocenters. The molecule has 1 aromatic rings. The van der Waals surface area contributed by atoms with E-state index in [0.717, 1.165) is 24.1 Å². The van der Waals surface area contributed by atoms with Crippen LogP contribution < -0.4 is 11.1 Å². The summed E-state index contributed by atoms with van der Waals surface area (Å²) in [5.41, 5.74) is 7.28. The van der Waals surface area contributed by atoms with E-state index in [4.69, 9.17) is 10.8 Å². The van der Waals surface area contributed by atoms with E-state index in [-0.39, 0.29) is 18.7 Å². The highest BCUT2D eigenvalue weighted by molar-refractivity contribution is 5.89. The van der Waals surface area contributed by atoms with Gasteiger partial charge in [-0.3, -0.25) is 0 Å². The molecular formula is C13H19N3O2. The van der Waals surface area contributed by atoms with Gasteiger partial charge in [-0.2, -0.15) is 0 Å². The van der Waals surface area contributed by atoms with E-state index in [1.165, 1.54) is 0 Å². The number of urea groups is 1. The number of carbonyl (C=O) groups is 1. The maximum atomic E-state index is 12.1. The fourth-order valence-corrected chi connectivity index (χ4v) is 1.92. The Morgan fingerprint density at radius 2 is 2.28 bits per heavy atom. The van der Waals surface area contributed by atoms with Crippen LogP contribution in [0, 0.1) is 0 Å². The first-order valence-corrected chi connectivity index (χ1v) is 6.22. The van der Waals surface area contributed by atoms with Crippen LogP contribution in [0.1, 0.15) is 18.4 Å². The second-order valence-electron chi connectivity index (χ2n) is 4.48. The number of aliphatic hydroxyl groups is 1. The number of aliphatic hydroxyl groups excluding tert-OH is 1. The van der Waals surface area contributed by atoms with Crippen LogP contribution in [0.5, 0.6) is 0 Å². The summed E-state index contributed by atoms with van der Waals surface area (Å²) in [5, 5.41) is 11.8. The van der Waals surface area contributed by atoms with Gasteiger partial charge in [0.05, 0.1) is 6.61 Å². The molecule has 1 aliphatic rings. The van der Waals surface area contributed by atoms with E-state index < -0.39 is 0 Å². The molecule has 18 heavy (non-hydrogen) atoms. The van der Waals surface area contributed by atoms with Crippen LogP contribution in [-0.4, -0.2) is 35.2 Å². The second kappa shape index (κ2) is 5.84. The van der Waals surface area contributed by atoms with Gasteiger partial charge in [-0.15, -0.1) is 0 Å². The molecule has 0 aliphatic heterocycles. The molecule has 0 heterocycles. The molecule has 0 aromatic heterocycles. The topological polar surface area (TPSA) is 78.6 Å². The Labute approximate surface area is 107 Å². The SMILES string of the molecule is NCc1cccc(NC(=O)N(CCO)C2CC2)c1. The number of carbonyl (C=O) groups excluding carboxylic acids is 1. The Balaban J connectivity index is 2.00. The van der Waals surface area contributed by atoms with Crippen molar-refractivity contribution >= 4 is 11.7 Å². The smallest absolute Gasteiger partial charge is 0.322 e. The van der Waals surface area contributed by atoms with Gasteiger partial charge in [0, 0.05) is 24.8 Å². The molecule has 5 nitrogen and oxygen atoms in total. The summed E-state index contributed by atoms with van der Waals surface area (Å²) in [5.74, 6) is 0. The molecule has 0 bridgehead atoms. The van der Waals surface area contributed by atoms with Crippen LogP contribution in [-0.2, 0) is 6.54 Å². The average molecular weight is 249 g/mol. The molecule has 0 unspecified atom stereocenters. The van der Waals surface area contributed by atoms with E-state index in [9.17, 15) is 4.79 Å². The third-order valence-electron chi connectivity index (χ3n) is 3.00. The van der Waals surface area contributed by atoms with Crippen molar-refractivity contribution in [3.63, 3.8) is 0 Å². The van der Waals surface area contributed by atoms with Gasteiger partial charge in [0.25, 0.3) is 0 Å². The molecule has 1 saturated carbocycles. The predicted molar refractivity (Wildman–Crippen MR) is 70.2 cm³/mol. The fourth-order valence-electron chi connectivity index (χ4n) is 1.92. The van der Waals surface area contributed by atoms with E-state index in [1.54, 1.807) is 4.90 Å². The summed E-state index contributed by atoms with van der Waals surface area (Å²) in [6.07, 6.45) is 2.05. The van der Waals surface area contributed by atoms with Gasteiger partial charge in [-0.05, 0) is 30.5 Å². The first-order valence-electron chi connectivity index (χ1n) is 6.22. The van der Waals surface area contributed by atoms with Crippen molar-refractivity contribution in [3.05, 3.63) is 29.8 Å². The second-order valence-corrected chi connectivity index (χ2v) is 4.48. The largest absolute Gasteiger partial charge is 0.395 e. The molecule has 2 amide bonds. The summed E-state index contributed by atoms with van der Waals surface area (Å²) in [6, 6.07) is 7.62. The number of hydrogen-bond acceptors (Lipinski definition) is 3. The number of amides is 2. The molecule has 1 aliphatic carbocycles. The number of benzene rings is 1. The first-order chi connectivity index (χ1) is 8.74. The number of nitrogens with two attached hydrogens (primary N) is 1. The Hall–Kier alpha value is -1.59. The Morgan fingerprint density at radius 3 is 2.89 bits per heavy atom. The summed E-state index contributed by atoms with van der Waals surface area (Å²) in [7, 11) is 0. The molecule has 2 rings (SSSR count). The molecule has 0 spiro atoms. The van der Waals surface area contributed by atoms with Crippen molar-refractivity contribution in [1.29, 1.82) is 0 Å². The summed E-state index contributed by atoms with van der Waals surface area (Å²) in [4.78, 5) is 13.7. The number of nitrogens with one attached hydrogen (secondary N) is 1. The molecule has 1 fully saturated rings. The minimum absolute atomic E-state index is 0.00718. The van der Waals surface area contributed by atoms with Crippen LogP contribution in [0.2, 0.25) is 0 Å². The zero-order valence-corrected chi connectivity index (χ0v) is 10.3. The lowest BCUT2D eigenvalue weighted by Gasteiger charge is -2.21. The lowest BCUT2D eigenvalue weighted by Crippen LogP contribution is -2.38. The molecule has 0 radical (unpaired) electrons. The van der Waals surface area contributed by atoms with Gasteiger partial charge in [0.15, 0.2) is 0 Å². The maximum absolute atomic E-state index is 12.1. The van der Waals surface area contributed by atoms with E-state index in [1.807, 2.05) is 24.3 Å². The molecule has 0 saturated heterocycles. The van der Waals surface area contributed by atoms with Crippen molar-refractivity contribution < 1.29 is 9.90 Å². The van der Waals surface area contributed by atoms with Crippen LogP contribution in [0.25, 0.3) is 0 Å². The number of hydrogen-bond donors (Lipinski definition) is 3. The fraction of sp³-hybridized carbons (Fsp3) is 0.462. The van der Waals surface area contributed by atoms with Crippen molar-refractivity contribution in [2.75, 3.05) is 18.5 Å². The van der Waals surface area contributed by atoms with Gasteiger partial charge in [-0.1, -0.05) is 12.1 Å². The summed E-state index contributed by atoms with van der Waals surface area (Å²) < 4.78 is 0. The van der Waals surface area contributed by atoms with Gasteiger partial charge >= 0.3 is 6.03 Å². The van der Waals surface area contributed by atoms with Crippen molar-refractivity contribution in [2.45, 2.75) is 25.4 Å². The van der Waals surface area contributed by atoms with E-state index >= 15 is 0 Å². The highest BCUT2D eigenvalue weighted by Crippen LogP contribution is 2.27. The first kappa shape index (κ1) is 12.9. The van der Waals surface area contributed by atoms with Crippen molar-refractivity contribution in [3.8, 4) is 0 Å². The molecule has 4 N–H and O–H groups in total. The summed E-state index contributed by atoms with van der Waals surface area (Å²) >= 11 is 0. The Kier molecular flexibility index (Phi) is 4.17. The van der Waals surface area contributed by atoms with Gasteiger partial charge in [0.1, 0.15) is 0 Å². The van der Waals surface area contributed by atoms with Gasteiger partial charge in [0.2, 0.25) is 0 Å². The molecule has 98 valence electrons. The van der Waals surface area contributed by atoms with Crippen LogP contribution >= 0.6 is 0 Å². The third-order valence-corrected chi connectivity index (χ3v) is 3.00. The van der Waals surface area contributed by atoms with Crippen molar-refractivity contribution in [2.24, 2.45) is 5.73 Å². The zero-order chi connectivity index (χ0) is 13.0. The number of nitrogens with zero attached hydrogens (tertiary/aromatic N) is 1. The summed E-state index contributed by atoms with van der Waals surface area (Å²) in [6.45, 7) is 0.826. The Morgan fingerprint density at radius 1 is 1.50 bits per heavy atom. The van der Waals surface area contributed by atoms with Crippen LogP contribution in [0.3, 0.4) is 0 Å². The van der Waals surface area contributed by atoms with Gasteiger partial charge in [-0.25, -0.2) is 4.79 Å². The Bertz CT molecular complexity index is 418. The third kappa shape index (κ3) is 3.21. The maximum Gasteiger partial charge on any atom is 0.322 e. The van der Waals surface area contributed by atoms with Crippen LogP contribution in [0.15, 0.2) is 24.3 Å². The monoisotopic (exact) mass is 249 g/mol. The number of rotatable bonds is 5. The normalized spacial score (nSPS) is 14.3. The molecule has 5 heteroatoms. The molecular weight excluding hydrogens is 230 g/mol. The standard InChI is InChI=1S/C13H19N3O2/c14-9-10-2-1-3-11(8-10)15-13(18)16(6-7-17)12-4-5-12/h1-3,8,12,17H,4-7,9,14H2,(H,15,18). The van der Waals surface area contributed by atoms with Crippen molar-refractivity contribution in [1.82, 2.24) is 4.90 Å². The molecule has 1 aromatic carbocycles. The minimum Gasteiger partial charge on any atom is -0.395 e. The van der Waals surface area contributed by atoms with Crippen LogP contribution in [0.4, 0.5) is 10.5 Å². The lowest BCUT2D eigenvalue weighted by molar-refractivity contribution is 0.185. The highest BCUT2D eigenvalue weighted by Gasteiger charge is 2.32. The zero-order valence-electron chi connectivity index (χ0n) is 10.3. The average Bonchev–Trinajstić information content (AvgIpc) is 3.20. The minimum atomic E-state index is -0.152. The highest BCUT2D eigenvalue weighted by atomic mass is 16.3. The quantitative estimate of drug-likeness (QED) is 0.732. The van der Waals surface area contributed by atoms with E-state index in [0.29, 0.717) is 13.1 Å².